The normalized spacial score (nSPS) is 19.5. The van der Waals surface area contributed by atoms with Crippen molar-refractivity contribution in [2.75, 3.05) is 13.1 Å². The third kappa shape index (κ3) is 3.34. The molecule has 130 valence electrons. The fourth-order valence-corrected chi connectivity index (χ4v) is 3.37. The second kappa shape index (κ2) is 6.75. The molecule has 0 radical (unpaired) electrons. The Morgan fingerprint density at radius 3 is 2.71 bits per heavy atom. The summed E-state index contributed by atoms with van der Waals surface area (Å²) in [6.45, 7) is 9.01. The summed E-state index contributed by atoms with van der Waals surface area (Å²) in [6.07, 6.45) is 2.60. The maximum Gasteiger partial charge on any atom is 0.225 e. The van der Waals surface area contributed by atoms with E-state index in [0.717, 1.165) is 36.4 Å². The van der Waals surface area contributed by atoms with Crippen molar-refractivity contribution in [3.8, 4) is 0 Å². The fourth-order valence-electron chi connectivity index (χ4n) is 3.37. The first-order chi connectivity index (χ1) is 11.5. The lowest BCUT2D eigenvalue weighted by atomic mass is 9.94. The van der Waals surface area contributed by atoms with Gasteiger partial charge in [0.25, 0.3) is 0 Å². The highest BCUT2D eigenvalue weighted by molar-refractivity contribution is 5.79. The zero-order valence-corrected chi connectivity index (χ0v) is 14.7. The maximum absolute atomic E-state index is 12.8. The Balaban J connectivity index is 1.65. The summed E-state index contributed by atoms with van der Waals surface area (Å²) in [7, 11) is 0. The van der Waals surface area contributed by atoms with E-state index in [4.69, 9.17) is 9.05 Å². The van der Waals surface area contributed by atoms with Gasteiger partial charge in [-0.05, 0) is 33.1 Å². The summed E-state index contributed by atoms with van der Waals surface area (Å²) in [6, 6.07) is 0. The second-order valence-corrected chi connectivity index (χ2v) is 6.70. The Hall–Kier alpha value is -2.18. The molecule has 1 aliphatic heterocycles. The molecule has 1 saturated heterocycles. The zero-order valence-electron chi connectivity index (χ0n) is 14.7. The number of hydrogen-bond donors (Lipinski definition) is 0. The Kier molecular flexibility index (Phi) is 4.69. The third-order valence-electron chi connectivity index (χ3n) is 4.75. The van der Waals surface area contributed by atoms with Crippen molar-refractivity contribution in [1.29, 1.82) is 0 Å². The van der Waals surface area contributed by atoms with E-state index in [9.17, 15) is 4.79 Å². The van der Waals surface area contributed by atoms with Gasteiger partial charge in [-0.25, -0.2) is 0 Å². The summed E-state index contributed by atoms with van der Waals surface area (Å²) < 4.78 is 10.3. The van der Waals surface area contributed by atoms with E-state index >= 15 is 0 Å². The Morgan fingerprint density at radius 2 is 2.08 bits per heavy atom. The molecular formula is C17H24N4O3. The fraction of sp³-hybridized carbons (Fsp3) is 0.647. The SMILES string of the molecule is Cc1nc([C@@H]2CCCN(C(=O)[C@@H](C)Cc3c(C)noc3C)C2)no1. The van der Waals surface area contributed by atoms with Crippen LogP contribution < -0.4 is 0 Å². The van der Waals surface area contributed by atoms with Gasteiger partial charge in [0, 0.05) is 37.4 Å². The third-order valence-corrected chi connectivity index (χ3v) is 4.75. The van der Waals surface area contributed by atoms with Crippen LogP contribution in [0.4, 0.5) is 0 Å². The summed E-state index contributed by atoms with van der Waals surface area (Å²) >= 11 is 0. The molecule has 7 heteroatoms. The van der Waals surface area contributed by atoms with Gasteiger partial charge in [0.1, 0.15) is 5.76 Å². The van der Waals surface area contributed by atoms with Gasteiger partial charge in [-0.15, -0.1) is 0 Å². The number of likely N-dealkylation sites (tertiary alicyclic amines) is 1. The van der Waals surface area contributed by atoms with Gasteiger partial charge in [0.15, 0.2) is 5.82 Å². The molecule has 0 saturated carbocycles. The molecule has 0 unspecified atom stereocenters. The molecule has 2 aromatic heterocycles. The average molecular weight is 332 g/mol. The van der Waals surface area contributed by atoms with E-state index in [1.54, 1.807) is 6.92 Å². The molecular weight excluding hydrogens is 308 g/mol. The number of aryl methyl sites for hydroxylation is 3. The van der Waals surface area contributed by atoms with Crippen molar-refractivity contribution in [2.24, 2.45) is 5.92 Å². The lowest BCUT2D eigenvalue weighted by Crippen LogP contribution is -2.42. The number of rotatable bonds is 4. The molecule has 1 fully saturated rings. The average Bonchev–Trinajstić information content (AvgIpc) is 3.15. The molecule has 0 aromatic carbocycles. The predicted molar refractivity (Wildman–Crippen MR) is 86.4 cm³/mol. The largest absolute Gasteiger partial charge is 0.361 e. The lowest BCUT2D eigenvalue weighted by molar-refractivity contribution is -0.136. The first-order valence-corrected chi connectivity index (χ1v) is 8.46. The smallest absolute Gasteiger partial charge is 0.225 e. The van der Waals surface area contributed by atoms with E-state index in [0.29, 0.717) is 24.7 Å². The number of nitrogens with zero attached hydrogens (tertiary/aromatic N) is 4. The van der Waals surface area contributed by atoms with Crippen LogP contribution in [0.15, 0.2) is 9.05 Å². The van der Waals surface area contributed by atoms with Gasteiger partial charge in [-0.1, -0.05) is 17.2 Å². The van der Waals surface area contributed by atoms with Crippen molar-refractivity contribution in [3.63, 3.8) is 0 Å². The standard InChI is InChI=1S/C17H24N4O3/c1-10(8-15-11(2)19-23-12(15)3)17(22)21-7-5-6-14(9-21)16-18-13(4)24-20-16/h10,14H,5-9H2,1-4H3/t10-,14+/m0/s1. The summed E-state index contributed by atoms with van der Waals surface area (Å²) in [4.78, 5) is 19.1. The van der Waals surface area contributed by atoms with E-state index in [1.165, 1.54) is 0 Å². The molecule has 3 rings (SSSR count). The highest BCUT2D eigenvalue weighted by Crippen LogP contribution is 2.27. The van der Waals surface area contributed by atoms with Gasteiger partial charge in [0.2, 0.25) is 11.8 Å². The minimum Gasteiger partial charge on any atom is -0.361 e. The van der Waals surface area contributed by atoms with Crippen LogP contribution in [-0.4, -0.2) is 39.2 Å². The monoisotopic (exact) mass is 332 g/mol. The van der Waals surface area contributed by atoms with E-state index in [-0.39, 0.29) is 17.7 Å². The van der Waals surface area contributed by atoms with Crippen molar-refractivity contribution in [1.82, 2.24) is 20.2 Å². The first kappa shape index (κ1) is 16.7. The predicted octanol–water partition coefficient (Wildman–Crippen LogP) is 2.57. The van der Waals surface area contributed by atoms with Crippen LogP contribution in [0.3, 0.4) is 0 Å². The van der Waals surface area contributed by atoms with E-state index in [2.05, 4.69) is 15.3 Å². The minimum atomic E-state index is -0.104. The number of carbonyl (C=O) groups is 1. The topological polar surface area (TPSA) is 85.3 Å². The summed E-state index contributed by atoms with van der Waals surface area (Å²) in [5.41, 5.74) is 1.91. The van der Waals surface area contributed by atoms with Crippen LogP contribution in [0.1, 0.15) is 54.4 Å². The molecule has 7 nitrogen and oxygen atoms in total. The van der Waals surface area contributed by atoms with Crippen LogP contribution in [0, 0.1) is 26.7 Å². The Morgan fingerprint density at radius 1 is 1.29 bits per heavy atom. The Labute approximate surface area is 141 Å². The highest BCUT2D eigenvalue weighted by atomic mass is 16.5. The van der Waals surface area contributed by atoms with Crippen molar-refractivity contribution < 1.29 is 13.8 Å². The number of amides is 1. The molecule has 0 aliphatic carbocycles. The van der Waals surface area contributed by atoms with Gasteiger partial charge in [0.05, 0.1) is 5.69 Å². The molecule has 0 bridgehead atoms. The molecule has 24 heavy (non-hydrogen) atoms. The van der Waals surface area contributed by atoms with Crippen molar-refractivity contribution in [3.05, 3.63) is 28.7 Å². The van der Waals surface area contributed by atoms with Crippen molar-refractivity contribution >= 4 is 5.91 Å². The van der Waals surface area contributed by atoms with Crippen LogP contribution in [0.5, 0.6) is 0 Å². The van der Waals surface area contributed by atoms with Crippen LogP contribution in [0.2, 0.25) is 0 Å². The first-order valence-electron chi connectivity index (χ1n) is 8.46. The quantitative estimate of drug-likeness (QED) is 0.855. The highest BCUT2D eigenvalue weighted by Gasteiger charge is 2.30. The minimum absolute atomic E-state index is 0.104. The van der Waals surface area contributed by atoms with Crippen LogP contribution in [-0.2, 0) is 11.2 Å². The summed E-state index contributed by atoms with van der Waals surface area (Å²) in [5.74, 6) is 2.30. The Bertz CT molecular complexity index is 702. The number of aromatic nitrogens is 3. The van der Waals surface area contributed by atoms with Crippen LogP contribution in [0.25, 0.3) is 0 Å². The van der Waals surface area contributed by atoms with E-state index in [1.807, 2.05) is 25.7 Å². The van der Waals surface area contributed by atoms with Crippen LogP contribution >= 0.6 is 0 Å². The van der Waals surface area contributed by atoms with E-state index < -0.39 is 0 Å². The molecule has 2 aromatic rings. The van der Waals surface area contributed by atoms with Gasteiger partial charge in [-0.2, -0.15) is 4.98 Å². The molecule has 0 spiro atoms. The molecule has 0 N–H and O–H groups in total. The van der Waals surface area contributed by atoms with Gasteiger partial charge < -0.3 is 13.9 Å². The number of carbonyl (C=O) groups excluding carboxylic acids is 1. The summed E-state index contributed by atoms with van der Waals surface area (Å²) in [5, 5.41) is 7.99. The number of hydrogen-bond acceptors (Lipinski definition) is 6. The lowest BCUT2D eigenvalue weighted by Gasteiger charge is -2.33. The molecule has 2 atom stereocenters. The second-order valence-electron chi connectivity index (χ2n) is 6.70. The zero-order chi connectivity index (χ0) is 17.3. The molecule has 3 heterocycles. The van der Waals surface area contributed by atoms with Crippen molar-refractivity contribution in [2.45, 2.75) is 52.9 Å². The maximum atomic E-state index is 12.8. The van der Waals surface area contributed by atoms with Gasteiger partial charge in [-0.3, -0.25) is 4.79 Å². The van der Waals surface area contributed by atoms with Gasteiger partial charge >= 0.3 is 0 Å². The molecule has 1 aliphatic rings. The molecule has 1 amide bonds. The number of piperidine rings is 1.